The van der Waals surface area contributed by atoms with E-state index in [0.29, 0.717) is 24.0 Å². The number of carbonyl (C=O) groups is 1. The normalized spacial score (nSPS) is 27.8. The molecule has 0 spiro atoms. The lowest BCUT2D eigenvalue weighted by Crippen LogP contribution is -2.53. The number of rotatable bonds is 6. The first kappa shape index (κ1) is 20.8. The van der Waals surface area contributed by atoms with E-state index in [1.807, 2.05) is 10.7 Å². The van der Waals surface area contributed by atoms with Crippen molar-refractivity contribution in [2.24, 2.45) is 5.92 Å². The Hall–Kier alpha value is -1.41. The maximum absolute atomic E-state index is 13.0. The Morgan fingerprint density at radius 1 is 1.28 bits per heavy atom. The van der Waals surface area contributed by atoms with Crippen LogP contribution in [0.4, 0.5) is 0 Å². The zero-order chi connectivity index (χ0) is 20.8. The van der Waals surface area contributed by atoms with Crippen molar-refractivity contribution in [1.82, 2.24) is 20.0 Å². The van der Waals surface area contributed by atoms with E-state index in [-0.39, 0.29) is 29.0 Å². The van der Waals surface area contributed by atoms with Crippen LogP contribution >= 0.6 is 0 Å². The SMILES string of the molecule is C[C@H]1CCCN(CC(C)(C)NC(=O)c2cc(C3CC3)n([C@H]3CCS(=O)(=O)C3)n2)C1. The van der Waals surface area contributed by atoms with Gasteiger partial charge in [-0.25, -0.2) is 8.42 Å². The molecule has 0 bridgehead atoms. The predicted octanol–water partition coefficient (Wildman–Crippen LogP) is 2.36. The maximum atomic E-state index is 13.0. The van der Waals surface area contributed by atoms with Gasteiger partial charge in [0, 0.05) is 30.2 Å². The predicted molar refractivity (Wildman–Crippen MR) is 113 cm³/mol. The summed E-state index contributed by atoms with van der Waals surface area (Å²) in [6.07, 6.45) is 5.26. The molecule has 162 valence electrons. The topological polar surface area (TPSA) is 84.3 Å². The second-order valence-electron chi connectivity index (χ2n) is 10.1. The summed E-state index contributed by atoms with van der Waals surface area (Å²) in [5.41, 5.74) is 1.09. The minimum Gasteiger partial charge on any atom is -0.344 e. The number of likely N-dealkylation sites (tertiary alicyclic amines) is 1. The van der Waals surface area contributed by atoms with Gasteiger partial charge in [-0.05, 0) is 64.5 Å². The lowest BCUT2D eigenvalue weighted by molar-refractivity contribution is 0.0857. The van der Waals surface area contributed by atoms with Gasteiger partial charge in [0.15, 0.2) is 9.84 Å². The van der Waals surface area contributed by atoms with Gasteiger partial charge in [0.25, 0.3) is 5.91 Å². The molecule has 3 fully saturated rings. The molecule has 4 rings (SSSR count). The molecular weight excluding hydrogens is 388 g/mol. The highest BCUT2D eigenvalue weighted by Crippen LogP contribution is 2.42. The molecule has 0 unspecified atom stereocenters. The van der Waals surface area contributed by atoms with E-state index in [2.05, 4.69) is 36.1 Å². The second kappa shape index (κ2) is 7.69. The Labute approximate surface area is 174 Å². The monoisotopic (exact) mass is 422 g/mol. The number of piperidine rings is 1. The summed E-state index contributed by atoms with van der Waals surface area (Å²) in [5.74, 6) is 1.30. The molecule has 2 aliphatic heterocycles. The zero-order valence-electron chi connectivity index (χ0n) is 17.9. The van der Waals surface area contributed by atoms with Crippen molar-refractivity contribution in [2.45, 2.75) is 70.4 Å². The number of carbonyl (C=O) groups excluding carboxylic acids is 1. The van der Waals surface area contributed by atoms with Crippen LogP contribution in [0, 0.1) is 5.92 Å². The number of hydrogen-bond donors (Lipinski definition) is 1. The van der Waals surface area contributed by atoms with Crippen molar-refractivity contribution in [1.29, 1.82) is 0 Å². The van der Waals surface area contributed by atoms with Crippen molar-refractivity contribution in [3.05, 3.63) is 17.5 Å². The van der Waals surface area contributed by atoms with E-state index in [1.54, 1.807) is 0 Å². The first-order valence-corrected chi connectivity index (χ1v) is 12.8. The number of nitrogens with zero attached hydrogens (tertiary/aromatic N) is 3. The smallest absolute Gasteiger partial charge is 0.272 e. The van der Waals surface area contributed by atoms with Crippen molar-refractivity contribution in [2.75, 3.05) is 31.1 Å². The Balaban J connectivity index is 1.46. The fourth-order valence-electron chi connectivity index (χ4n) is 4.86. The van der Waals surface area contributed by atoms with E-state index in [4.69, 9.17) is 0 Å². The van der Waals surface area contributed by atoms with E-state index in [1.165, 1.54) is 12.8 Å². The summed E-state index contributed by atoms with van der Waals surface area (Å²) >= 11 is 0. The third kappa shape index (κ3) is 5.02. The molecule has 3 heterocycles. The van der Waals surface area contributed by atoms with E-state index < -0.39 is 9.84 Å². The number of aromatic nitrogens is 2. The van der Waals surface area contributed by atoms with Crippen LogP contribution in [0.2, 0.25) is 0 Å². The minimum atomic E-state index is -2.99. The molecule has 0 aromatic carbocycles. The standard InChI is InChI=1S/C21H34N4O3S/c1-15-5-4-9-24(12-15)14-21(2,3)22-20(26)18-11-19(16-6-7-16)25(23-18)17-8-10-29(27,28)13-17/h11,15-17H,4-10,12-14H2,1-3H3,(H,22,26)/t15-,17-/m0/s1. The molecule has 29 heavy (non-hydrogen) atoms. The van der Waals surface area contributed by atoms with Gasteiger partial charge in [-0.15, -0.1) is 0 Å². The summed E-state index contributed by atoms with van der Waals surface area (Å²) in [5, 5.41) is 7.76. The Kier molecular flexibility index (Phi) is 5.53. The van der Waals surface area contributed by atoms with Crippen molar-refractivity contribution in [3.63, 3.8) is 0 Å². The van der Waals surface area contributed by atoms with Crippen LogP contribution < -0.4 is 5.32 Å². The lowest BCUT2D eigenvalue weighted by atomic mass is 9.97. The van der Waals surface area contributed by atoms with Crippen LogP contribution in [-0.2, 0) is 9.84 Å². The molecule has 1 aliphatic carbocycles. The number of amides is 1. The summed E-state index contributed by atoms with van der Waals surface area (Å²) in [6.45, 7) is 9.39. The van der Waals surface area contributed by atoms with E-state index in [0.717, 1.165) is 38.2 Å². The van der Waals surface area contributed by atoms with Gasteiger partial charge in [-0.2, -0.15) is 5.10 Å². The third-order valence-electron chi connectivity index (χ3n) is 6.36. The van der Waals surface area contributed by atoms with Crippen LogP contribution in [0.3, 0.4) is 0 Å². The van der Waals surface area contributed by atoms with Gasteiger partial charge in [0.2, 0.25) is 0 Å². The van der Waals surface area contributed by atoms with Gasteiger partial charge in [0.05, 0.1) is 17.5 Å². The molecule has 1 amide bonds. The summed E-state index contributed by atoms with van der Waals surface area (Å²) in [7, 11) is -2.99. The fourth-order valence-corrected chi connectivity index (χ4v) is 6.56. The van der Waals surface area contributed by atoms with Gasteiger partial charge < -0.3 is 10.2 Å². The molecule has 2 atom stereocenters. The molecule has 1 aromatic heterocycles. The summed E-state index contributed by atoms with van der Waals surface area (Å²) in [6, 6.07) is 1.75. The van der Waals surface area contributed by atoms with Crippen LogP contribution in [0.1, 0.15) is 81.0 Å². The molecule has 8 heteroatoms. The Morgan fingerprint density at radius 2 is 2.03 bits per heavy atom. The quantitative estimate of drug-likeness (QED) is 0.761. The van der Waals surface area contributed by atoms with Gasteiger partial charge in [-0.3, -0.25) is 9.48 Å². The van der Waals surface area contributed by atoms with Crippen molar-refractivity contribution < 1.29 is 13.2 Å². The molecule has 7 nitrogen and oxygen atoms in total. The second-order valence-corrected chi connectivity index (χ2v) is 12.3. The summed E-state index contributed by atoms with van der Waals surface area (Å²) < 4.78 is 25.7. The average molecular weight is 423 g/mol. The Morgan fingerprint density at radius 3 is 2.66 bits per heavy atom. The number of sulfone groups is 1. The molecular formula is C21H34N4O3S. The van der Waals surface area contributed by atoms with Crippen LogP contribution in [-0.4, -0.2) is 65.7 Å². The molecule has 3 aliphatic rings. The van der Waals surface area contributed by atoms with Gasteiger partial charge >= 0.3 is 0 Å². The van der Waals surface area contributed by atoms with E-state index in [9.17, 15) is 13.2 Å². The Bertz CT molecular complexity index is 872. The largest absolute Gasteiger partial charge is 0.344 e. The molecule has 1 aromatic rings. The fraction of sp³-hybridized carbons (Fsp3) is 0.810. The first-order chi connectivity index (χ1) is 13.6. The molecule has 1 N–H and O–H groups in total. The number of nitrogens with one attached hydrogen (secondary N) is 1. The third-order valence-corrected chi connectivity index (χ3v) is 8.11. The van der Waals surface area contributed by atoms with Crippen molar-refractivity contribution in [3.8, 4) is 0 Å². The van der Waals surface area contributed by atoms with Crippen LogP contribution in [0.25, 0.3) is 0 Å². The lowest BCUT2D eigenvalue weighted by Gasteiger charge is -2.37. The van der Waals surface area contributed by atoms with Crippen molar-refractivity contribution >= 4 is 15.7 Å². The highest BCUT2D eigenvalue weighted by molar-refractivity contribution is 7.91. The number of hydrogen-bond acceptors (Lipinski definition) is 5. The van der Waals surface area contributed by atoms with Gasteiger partial charge in [0.1, 0.15) is 5.69 Å². The molecule has 0 radical (unpaired) electrons. The average Bonchev–Trinajstić information content (AvgIpc) is 3.25. The van der Waals surface area contributed by atoms with Crippen LogP contribution in [0.15, 0.2) is 6.07 Å². The maximum Gasteiger partial charge on any atom is 0.272 e. The highest BCUT2D eigenvalue weighted by Gasteiger charge is 2.36. The van der Waals surface area contributed by atoms with Gasteiger partial charge in [-0.1, -0.05) is 6.92 Å². The minimum absolute atomic E-state index is 0.133. The molecule has 1 saturated carbocycles. The summed E-state index contributed by atoms with van der Waals surface area (Å²) in [4.78, 5) is 15.4. The van der Waals surface area contributed by atoms with Crippen LogP contribution in [0.5, 0.6) is 0 Å². The van der Waals surface area contributed by atoms with E-state index >= 15 is 0 Å². The zero-order valence-corrected chi connectivity index (χ0v) is 18.7. The highest BCUT2D eigenvalue weighted by atomic mass is 32.2. The first-order valence-electron chi connectivity index (χ1n) is 11.0. The molecule has 2 saturated heterocycles.